The number of hydrogen-bond donors (Lipinski definition) is 0. The van der Waals surface area contributed by atoms with Gasteiger partial charge in [0.1, 0.15) is 0 Å². The number of piperidine rings is 1. The van der Waals surface area contributed by atoms with Crippen LogP contribution in [0.1, 0.15) is 37.3 Å². The number of carbonyl (C=O) groups excluding carboxylic acids is 2. The number of amides is 2. The lowest BCUT2D eigenvalue weighted by Gasteiger charge is -2.36. The van der Waals surface area contributed by atoms with Crippen LogP contribution >= 0.6 is 0 Å². The van der Waals surface area contributed by atoms with Crippen molar-refractivity contribution >= 4 is 17.7 Å². The first kappa shape index (κ1) is 22.1. The SMILES string of the molecule is CCOC(=O)CCN1CCC(N2CCN(c3ccc4c(c3)CCN(C)CC4)C2=O)CC1. The molecule has 1 aromatic rings. The lowest BCUT2D eigenvalue weighted by atomic mass is 10.0. The average molecular weight is 429 g/mol. The molecule has 7 nitrogen and oxygen atoms in total. The fourth-order valence-corrected chi connectivity index (χ4v) is 5.06. The second kappa shape index (κ2) is 10.0. The molecule has 0 bridgehead atoms. The van der Waals surface area contributed by atoms with Crippen molar-refractivity contribution in [1.29, 1.82) is 0 Å². The predicted octanol–water partition coefficient (Wildman–Crippen LogP) is 2.38. The summed E-state index contributed by atoms with van der Waals surface area (Å²) in [6, 6.07) is 7.04. The van der Waals surface area contributed by atoms with Crippen molar-refractivity contribution in [2.24, 2.45) is 0 Å². The summed E-state index contributed by atoms with van der Waals surface area (Å²) in [4.78, 5) is 33.5. The highest BCUT2D eigenvalue weighted by Crippen LogP contribution is 2.28. The van der Waals surface area contributed by atoms with Gasteiger partial charge >= 0.3 is 12.0 Å². The summed E-state index contributed by atoms with van der Waals surface area (Å²) in [7, 11) is 2.18. The highest BCUT2D eigenvalue weighted by atomic mass is 16.5. The Bertz CT molecular complexity index is 791. The Hall–Kier alpha value is -2.12. The van der Waals surface area contributed by atoms with Gasteiger partial charge in [0.2, 0.25) is 0 Å². The molecular weight excluding hydrogens is 392 g/mol. The third-order valence-electron chi connectivity index (χ3n) is 7.00. The summed E-state index contributed by atoms with van der Waals surface area (Å²) in [6.07, 6.45) is 4.53. The monoisotopic (exact) mass is 428 g/mol. The Labute approximate surface area is 185 Å². The van der Waals surface area contributed by atoms with E-state index < -0.39 is 0 Å². The molecule has 31 heavy (non-hydrogen) atoms. The normalized spacial score (nSPS) is 21.3. The van der Waals surface area contributed by atoms with Crippen molar-refractivity contribution in [1.82, 2.24) is 14.7 Å². The average Bonchev–Trinajstić information content (AvgIpc) is 3.06. The summed E-state index contributed by atoms with van der Waals surface area (Å²) in [5.41, 5.74) is 3.86. The molecule has 2 amide bonds. The molecule has 0 spiro atoms. The molecule has 0 atom stereocenters. The maximum absolute atomic E-state index is 13.2. The van der Waals surface area contributed by atoms with E-state index in [1.165, 1.54) is 11.1 Å². The van der Waals surface area contributed by atoms with Crippen LogP contribution in [0.4, 0.5) is 10.5 Å². The molecule has 0 N–H and O–H groups in total. The summed E-state index contributed by atoms with van der Waals surface area (Å²) < 4.78 is 5.02. The number of nitrogens with zero attached hydrogens (tertiary/aromatic N) is 4. The molecule has 0 aromatic heterocycles. The van der Waals surface area contributed by atoms with E-state index in [4.69, 9.17) is 4.74 Å². The largest absolute Gasteiger partial charge is 0.466 e. The number of fused-ring (bicyclic) bond motifs is 1. The number of benzene rings is 1. The maximum Gasteiger partial charge on any atom is 0.324 e. The van der Waals surface area contributed by atoms with E-state index in [1.807, 2.05) is 11.8 Å². The smallest absolute Gasteiger partial charge is 0.324 e. The Kier molecular flexibility index (Phi) is 7.13. The Morgan fingerprint density at radius 2 is 1.77 bits per heavy atom. The summed E-state index contributed by atoms with van der Waals surface area (Å²) >= 11 is 0. The Balaban J connectivity index is 1.31. The summed E-state index contributed by atoms with van der Waals surface area (Å²) in [6.45, 7) is 8.62. The van der Waals surface area contributed by atoms with Crippen molar-refractivity contribution in [2.45, 2.75) is 45.1 Å². The molecule has 0 unspecified atom stereocenters. The lowest BCUT2D eigenvalue weighted by Crippen LogP contribution is -2.47. The molecule has 170 valence electrons. The predicted molar refractivity (Wildman–Crippen MR) is 122 cm³/mol. The van der Waals surface area contributed by atoms with Gasteiger partial charge in [0, 0.05) is 57.5 Å². The van der Waals surface area contributed by atoms with E-state index in [0.717, 1.165) is 77.2 Å². The van der Waals surface area contributed by atoms with Crippen molar-refractivity contribution in [3.8, 4) is 0 Å². The van der Waals surface area contributed by atoms with Crippen LogP contribution < -0.4 is 4.90 Å². The molecular formula is C24H36N4O3. The third-order valence-corrected chi connectivity index (χ3v) is 7.00. The van der Waals surface area contributed by atoms with Gasteiger partial charge in [-0.2, -0.15) is 0 Å². The molecule has 3 heterocycles. The third kappa shape index (κ3) is 5.21. The molecule has 0 radical (unpaired) electrons. The number of likely N-dealkylation sites (N-methyl/N-ethyl adjacent to an activating group) is 1. The number of urea groups is 1. The fourth-order valence-electron chi connectivity index (χ4n) is 5.06. The number of rotatable bonds is 6. The minimum atomic E-state index is -0.123. The molecule has 3 aliphatic rings. The standard InChI is InChI=1S/C24H36N4O3/c1-3-31-23(29)10-15-26-13-8-21(9-14-26)27-16-17-28(24(27)30)22-5-4-19-6-11-25(2)12-7-20(19)18-22/h4-5,18,21H,3,6-17H2,1-2H3. The highest BCUT2D eigenvalue weighted by Gasteiger charge is 2.36. The molecule has 0 saturated carbocycles. The van der Waals surface area contributed by atoms with Gasteiger partial charge in [-0.25, -0.2) is 4.79 Å². The van der Waals surface area contributed by atoms with Crippen LogP contribution in [0.2, 0.25) is 0 Å². The van der Waals surface area contributed by atoms with Gasteiger partial charge in [-0.1, -0.05) is 6.07 Å². The molecule has 0 aliphatic carbocycles. The quantitative estimate of drug-likeness (QED) is 0.651. The molecule has 1 aromatic carbocycles. The first-order chi connectivity index (χ1) is 15.0. The second-order valence-corrected chi connectivity index (χ2v) is 9.01. The van der Waals surface area contributed by atoms with Crippen LogP contribution in [-0.2, 0) is 22.4 Å². The number of anilines is 1. The zero-order valence-electron chi connectivity index (χ0n) is 19.0. The molecule has 3 aliphatic heterocycles. The van der Waals surface area contributed by atoms with Crippen LogP contribution in [0.5, 0.6) is 0 Å². The number of esters is 1. The van der Waals surface area contributed by atoms with E-state index in [2.05, 4.69) is 39.9 Å². The van der Waals surface area contributed by atoms with Crippen LogP contribution in [-0.4, -0.2) is 92.2 Å². The molecule has 2 fully saturated rings. The van der Waals surface area contributed by atoms with Gasteiger partial charge in [-0.3, -0.25) is 9.69 Å². The van der Waals surface area contributed by atoms with E-state index in [0.29, 0.717) is 19.1 Å². The number of ether oxygens (including phenoxy) is 1. The topological polar surface area (TPSA) is 56.3 Å². The summed E-state index contributed by atoms with van der Waals surface area (Å²) in [5.74, 6) is -0.123. The zero-order valence-corrected chi connectivity index (χ0v) is 19.0. The maximum atomic E-state index is 13.2. The summed E-state index contributed by atoms with van der Waals surface area (Å²) in [5, 5.41) is 0. The van der Waals surface area contributed by atoms with Gasteiger partial charge in [0.15, 0.2) is 0 Å². The van der Waals surface area contributed by atoms with Crippen molar-refractivity contribution in [3.63, 3.8) is 0 Å². The fraction of sp³-hybridized carbons (Fsp3) is 0.667. The molecule has 2 saturated heterocycles. The van der Waals surface area contributed by atoms with Gasteiger partial charge in [-0.15, -0.1) is 0 Å². The van der Waals surface area contributed by atoms with Gasteiger partial charge < -0.3 is 19.4 Å². The van der Waals surface area contributed by atoms with Gasteiger partial charge in [-0.05, 0) is 62.9 Å². The Morgan fingerprint density at radius 3 is 2.52 bits per heavy atom. The minimum absolute atomic E-state index is 0.123. The minimum Gasteiger partial charge on any atom is -0.466 e. The number of hydrogen-bond acceptors (Lipinski definition) is 5. The highest BCUT2D eigenvalue weighted by molar-refractivity contribution is 5.94. The van der Waals surface area contributed by atoms with Gasteiger partial charge in [0.05, 0.1) is 13.0 Å². The van der Waals surface area contributed by atoms with Crippen LogP contribution in [0, 0.1) is 0 Å². The van der Waals surface area contributed by atoms with E-state index in [1.54, 1.807) is 0 Å². The van der Waals surface area contributed by atoms with Gasteiger partial charge in [0.25, 0.3) is 0 Å². The van der Waals surface area contributed by atoms with Crippen LogP contribution in [0.25, 0.3) is 0 Å². The van der Waals surface area contributed by atoms with E-state index in [9.17, 15) is 9.59 Å². The lowest BCUT2D eigenvalue weighted by molar-refractivity contribution is -0.143. The molecule has 4 rings (SSSR count). The second-order valence-electron chi connectivity index (χ2n) is 9.01. The van der Waals surface area contributed by atoms with Crippen LogP contribution in [0.15, 0.2) is 18.2 Å². The van der Waals surface area contributed by atoms with E-state index >= 15 is 0 Å². The Morgan fingerprint density at radius 1 is 1.03 bits per heavy atom. The van der Waals surface area contributed by atoms with E-state index in [-0.39, 0.29) is 12.0 Å². The zero-order chi connectivity index (χ0) is 21.8. The molecule has 7 heteroatoms. The van der Waals surface area contributed by atoms with Crippen LogP contribution in [0.3, 0.4) is 0 Å². The van der Waals surface area contributed by atoms with Crippen molar-refractivity contribution in [2.75, 3.05) is 64.4 Å². The van der Waals surface area contributed by atoms with Crippen molar-refractivity contribution < 1.29 is 14.3 Å². The first-order valence-electron chi connectivity index (χ1n) is 11.8. The number of likely N-dealkylation sites (tertiary alicyclic amines) is 1. The first-order valence-corrected chi connectivity index (χ1v) is 11.8. The number of carbonyl (C=O) groups is 2. The van der Waals surface area contributed by atoms with Crippen molar-refractivity contribution in [3.05, 3.63) is 29.3 Å².